The Morgan fingerprint density at radius 2 is 1.91 bits per heavy atom. The van der Waals surface area contributed by atoms with Gasteiger partial charge in [0.2, 0.25) is 5.71 Å². The molecule has 9 nitrogen and oxygen atoms in total. The van der Waals surface area contributed by atoms with Crippen molar-refractivity contribution < 1.29 is 28.2 Å². The molecule has 0 aliphatic heterocycles. The number of nitrogen functional groups attached to an aromatic ring is 1. The smallest absolute Gasteiger partial charge is 0.344 e. The van der Waals surface area contributed by atoms with E-state index in [4.69, 9.17) is 36.0 Å². The van der Waals surface area contributed by atoms with E-state index in [0.717, 1.165) is 11.1 Å². The highest BCUT2D eigenvalue weighted by Gasteiger charge is 2.24. The second kappa shape index (κ2) is 10.1. The average molecular weight is 476 g/mol. The Morgan fingerprint density at radius 1 is 1.18 bits per heavy atom. The molecule has 2 aromatic heterocycles. The maximum atomic E-state index is 12.2. The second-order valence-electron chi connectivity index (χ2n) is 7.70. The lowest BCUT2D eigenvalue weighted by atomic mass is 10.0. The van der Waals surface area contributed by atoms with Crippen molar-refractivity contribution >= 4 is 40.5 Å². The van der Waals surface area contributed by atoms with E-state index in [-0.39, 0.29) is 54.0 Å². The molecule has 0 amide bonds. The van der Waals surface area contributed by atoms with E-state index in [2.05, 4.69) is 9.97 Å². The van der Waals surface area contributed by atoms with Crippen molar-refractivity contribution in [1.29, 1.82) is 0 Å². The van der Waals surface area contributed by atoms with Crippen LogP contribution >= 0.6 is 11.6 Å². The molecule has 0 spiro atoms. The normalized spacial score (nSPS) is 11.1. The monoisotopic (exact) mass is 475 g/mol. The molecule has 0 aliphatic carbocycles. The van der Waals surface area contributed by atoms with Gasteiger partial charge in [0.25, 0.3) is 0 Å². The first kappa shape index (κ1) is 24.3. The van der Waals surface area contributed by atoms with Gasteiger partial charge >= 0.3 is 11.9 Å². The summed E-state index contributed by atoms with van der Waals surface area (Å²) < 4.78 is 21.5. The van der Waals surface area contributed by atoms with Crippen LogP contribution in [0.5, 0.6) is 5.75 Å². The number of nitrogens with zero attached hydrogens (tertiary/aromatic N) is 2. The van der Waals surface area contributed by atoms with Gasteiger partial charge in [0.15, 0.2) is 19.0 Å². The zero-order valence-electron chi connectivity index (χ0n) is 19.2. The molecular weight excluding hydrogens is 450 g/mol. The topological polar surface area (TPSA) is 127 Å². The zero-order chi connectivity index (χ0) is 24.3. The largest absolute Gasteiger partial charge is 0.482 e. The molecule has 33 heavy (non-hydrogen) atoms. The van der Waals surface area contributed by atoms with Crippen LogP contribution in [0.25, 0.3) is 11.1 Å². The number of ether oxygens (including phenoxy) is 3. The summed E-state index contributed by atoms with van der Waals surface area (Å²) in [7, 11) is 0. The third kappa shape index (κ3) is 5.36. The highest BCUT2D eigenvalue weighted by Crippen LogP contribution is 2.32. The van der Waals surface area contributed by atoms with Crippen molar-refractivity contribution in [1.82, 2.24) is 9.97 Å². The van der Waals surface area contributed by atoms with Crippen LogP contribution in [0.4, 0.5) is 5.82 Å². The van der Waals surface area contributed by atoms with Crippen molar-refractivity contribution in [3.63, 3.8) is 0 Å². The fourth-order valence-corrected chi connectivity index (χ4v) is 3.44. The van der Waals surface area contributed by atoms with Gasteiger partial charge in [-0.05, 0) is 49.9 Å². The minimum absolute atomic E-state index is 0.0282. The highest BCUT2D eigenvalue weighted by molar-refractivity contribution is 6.31. The average Bonchev–Trinajstić information content (AvgIpc) is 3.09. The third-order valence-electron chi connectivity index (χ3n) is 4.90. The first-order valence-corrected chi connectivity index (χ1v) is 10.8. The lowest BCUT2D eigenvalue weighted by Crippen LogP contribution is -2.16. The lowest BCUT2D eigenvalue weighted by molar-refractivity contribution is -0.147. The Balaban J connectivity index is 1.69. The Bertz CT molecular complexity index is 1200. The fraction of sp³-hybridized carbons (Fsp3) is 0.391. The number of hydrogen-bond donors (Lipinski definition) is 1. The number of esters is 2. The highest BCUT2D eigenvalue weighted by atomic mass is 35.5. The number of benzene rings is 1. The van der Waals surface area contributed by atoms with Crippen molar-refractivity contribution in [2.24, 2.45) is 0 Å². The number of aryl methyl sites for hydroxylation is 2. The molecule has 0 atom stereocenters. The van der Waals surface area contributed by atoms with Crippen LogP contribution in [0.1, 0.15) is 59.8 Å². The maximum Gasteiger partial charge on any atom is 0.344 e. The standard InChI is InChI=1S/C23H26ClN3O6/c1-6-30-23(29)19-13(5)33-22-20(19)21(25)26-17(27-22)9-32-18(28)10-31-16-7-12(4)15(24)8-14(16)11(2)3/h7-8,11H,6,9-10H2,1-5H3,(H2,25,26,27). The van der Waals surface area contributed by atoms with E-state index in [1.54, 1.807) is 19.9 Å². The molecule has 176 valence electrons. The SMILES string of the molecule is CCOC(=O)c1c(C)oc2nc(COC(=O)COc3cc(C)c(Cl)cc3C(C)C)nc(N)c12. The van der Waals surface area contributed by atoms with E-state index < -0.39 is 11.9 Å². The van der Waals surface area contributed by atoms with Gasteiger partial charge in [0.1, 0.15) is 22.9 Å². The predicted molar refractivity (Wildman–Crippen MR) is 122 cm³/mol. The van der Waals surface area contributed by atoms with E-state index in [0.29, 0.717) is 16.5 Å². The van der Waals surface area contributed by atoms with Crippen molar-refractivity contribution in [3.05, 3.63) is 45.4 Å². The number of fused-ring (bicyclic) bond motifs is 1. The zero-order valence-corrected chi connectivity index (χ0v) is 19.9. The molecule has 1 aromatic carbocycles. The van der Waals surface area contributed by atoms with Crippen LogP contribution in [-0.2, 0) is 20.9 Å². The van der Waals surface area contributed by atoms with E-state index >= 15 is 0 Å². The lowest BCUT2D eigenvalue weighted by Gasteiger charge is -2.15. The molecule has 0 aliphatic rings. The molecule has 3 aromatic rings. The Kier molecular flexibility index (Phi) is 7.43. The number of halogens is 1. The maximum absolute atomic E-state index is 12.2. The molecule has 0 fully saturated rings. The number of carbonyl (C=O) groups is 2. The molecule has 10 heteroatoms. The molecular formula is C23H26ClN3O6. The number of nitrogens with two attached hydrogens (primary N) is 1. The van der Waals surface area contributed by atoms with Crippen molar-refractivity contribution in [3.8, 4) is 5.75 Å². The fourth-order valence-electron chi connectivity index (χ4n) is 3.27. The minimum atomic E-state index is -0.609. The number of carbonyl (C=O) groups excluding carboxylic acids is 2. The quantitative estimate of drug-likeness (QED) is 0.468. The van der Waals surface area contributed by atoms with Crippen LogP contribution < -0.4 is 10.5 Å². The van der Waals surface area contributed by atoms with Crippen LogP contribution in [-0.4, -0.2) is 35.1 Å². The Labute approximate surface area is 196 Å². The number of rotatable bonds is 8. The van der Waals surface area contributed by atoms with Gasteiger partial charge in [-0.15, -0.1) is 0 Å². The van der Waals surface area contributed by atoms with Crippen molar-refractivity contribution in [2.75, 3.05) is 18.9 Å². The third-order valence-corrected chi connectivity index (χ3v) is 5.31. The van der Waals surface area contributed by atoms with Gasteiger partial charge in [0.05, 0.1) is 12.0 Å². The van der Waals surface area contributed by atoms with E-state index in [1.165, 1.54) is 0 Å². The van der Waals surface area contributed by atoms with Crippen LogP contribution in [0.3, 0.4) is 0 Å². The number of aromatic nitrogens is 2. The van der Waals surface area contributed by atoms with Gasteiger partial charge in [0, 0.05) is 5.02 Å². The molecule has 2 heterocycles. The summed E-state index contributed by atoms with van der Waals surface area (Å²) in [6, 6.07) is 3.63. The predicted octanol–water partition coefficient (Wildman–Crippen LogP) is 4.50. The number of furan rings is 1. The molecule has 0 saturated carbocycles. The van der Waals surface area contributed by atoms with Gasteiger partial charge in [-0.1, -0.05) is 25.4 Å². The first-order chi connectivity index (χ1) is 15.6. The summed E-state index contributed by atoms with van der Waals surface area (Å²) in [5.74, 6) is 0.0205. The molecule has 0 radical (unpaired) electrons. The summed E-state index contributed by atoms with van der Waals surface area (Å²) in [4.78, 5) is 32.8. The summed E-state index contributed by atoms with van der Waals surface area (Å²) in [6.07, 6.45) is 0. The molecule has 0 bridgehead atoms. The summed E-state index contributed by atoms with van der Waals surface area (Å²) in [5, 5.41) is 0.904. The number of anilines is 1. The van der Waals surface area contributed by atoms with Gasteiger partial charge in [-0.2, -0.15) is 4.98 Å². The van der Waals surface area contributed by atoms with Gasteiger partial charge in [-0.3, -0.25) is 0 Å². The van der Waals surface area contributed by atoms with Crippen LogP contribution in [0.2, 0.25) is 5.02 Å². The Hall–Kier alpha value is -3.33. The summed E-state index contributed by atoms with van der Waals surface area (Å²) in [5.41, 5.74) is 8.06. The van der Waals surface area contributed by atoms with Crippen LogP contribution in [0, 0.1) is 13.8 Å². The second-order valence-corrected chi connectivity index (χ2v) is 8.11. The van der Waals surface area contributed by atoms with Crippen molar-refractivity contribution in [2.45, 2.75) is 47.1 Å². The Morgan fingerprint density at radius 3 is 2.58 bits per heavy atom. The van der Waals surface area contributed by atoms with Gasteiger partial charge in [-0.25, -0.2) is 14.6 Å². The summed E-state index contributed by atoms with van der Waals surface area (Å²) in [6.45, 7) is 8.84. The van der Waals surface area contributed by atoms with Gasteiger partial charge < -0.3 is 24.4 Å². The molecule has 0 saturated heterocycles. The van der Waals surface area contributed by atoms with E-state index in [1.807, 2.05) is 26.8 Å². The first-order valence-electron chi connectivity index (χ1n) is 10.4. The molecule has 2 N–H and O–H groups in total. The number of hydrogen-bond acceptors (Lipinski definition) is 9. The van der Waals surface area contributed by atoms with E-state index in [9.17, 15) is 9.59 Å². The molecule has 3 rings (SSSR count). The molecule has 0 unspecified atom stereocenters. The summed E-state index contributed by atoms with van der Waals surface area (Å²) >= 11 is 6.20. The van der Waals surface area contributed by atoms with Crippen LogP contribution in [0.15, 0.2) is 16.5 Å². The minimum Gasteiger partial charge on any atom is -0.482 e.